The molecule has 1 aliphatic carbocycles. The van der Waals surface area contributed by atoms with Crippen molar-refractivity contribution in [1.29, 1.82) is 0 Å². The molecule has 0 bridgehead atoms. The molecule has 0 aliphatic heterocycles. The van der Waals surface area contributed by atoms with Crippen molar-refractivity contribution in [2.24, 2.45) is 11.8 Å². The summed E-state index contributed by atoms with van der Waals surface area (Å²) >= 11 is 3.44. The third kappa shape index (κ3) is 2.25. The smallest absolute Gasteiger partial charge is 0.182 e. The second-order valence-electron chi connectivity index (χ2n) is 4.93. The van der Waals surface area contributed by atoms with Gasteiger partial charge in [0.05, 0.1) is 0 Å². The van der Waals surface area contributed by atoms with Crippen molar-refractivity contribution in [1.82, 2.24) is 20.2 Å². The second kappa shape index (κ2) is 4.35. The maximum Gasteiger partial charge on any atom is 0.182 e. The Morgan fingerprint density at radius 2 is 2.22 bits per heavy atom. The highest BCUT2D eigenvalue weighted by molar-refractivity contribution is 9.10. The van der Waals surface area contributed by atoms with Crippen LogP contribution in [0.25, 0.3) is 11.4 Å². The van der Waals surface area contributed by atoms with Crippen molar-refractivity contribution in [2.75, 3.05) is 5.73 Å². The fraction of sp³-hybridized carbons (Fsp3) is 0.417. The van der Waals surface area contributed by atoms with Crippen molar-refractivity contribution < 1.29 is 0 Å². The molecule has 2 N–H and O–H groups in total. The Balaban J connectivity index is 1.93. The molecule has 2 atom stereocenters. The summed E-state index contributed by atoms with van der Waals surface area (Å²) in [7, 11) is 0. The zero-order chi connectivity index (χ0) is 12.7. The van der Waals surface area contributed by atoms with Crippen LogP contribution in [0.5, 0.6) is 0 Å². The molecule has 0 radical (unpaired) electrons. The van der Waals surface area contributed by atoms with Crippen LogP contribution in [0.4, 0.5) is 5.69 Å². The van der Waals surface area contributed by atoms with Gasteiger partial charge in [-0.15, -0.1) is 5.10 Å². The lowest BCUT2D eigenvalue weighted by Crippen LogP contribution is -2.05. The highest BCUT2D eigenvalue weighted by atomic mass is 79.9. The number of benzene rings is 1. The fourth-order valence-corrected chi connectivity index (χ4v) is 2.66. The number of aromatic nitrogens is 4. The van der Waals surface area contributed by atoms with Gasteiger partial charge in [-0.05, 0) is 46.9 Å². The molecule has 0 amide bonds. The molecule has 1 heterocycles. The van der Waals surface area contributed by atoms with Gasteiger partial charge < -0.3 is 5.73 Å². The predicted octanol–water partition coefficient (Wildman–Crippen LogP) is 2.34. The maximum absolute atomic E-state index is 5.84. The van der Waals surface area contributed by atoms with E-state index < -0.39 is 0 Å². The molecule has 5 nitrogen and oxygen atoms in total. The molecule has 94 valence electrons. The minimum atomic E-state index is 0.703. The topological polar surface area (TPSA) is 69.6 Å². The van der Waals surface area contributed by atoms with Crippen LogP contribution in [0.1, 0.15) is 13.3 Å². The molecule has 1 aromatic heterocycles. The normalized spacial score (nSPS) is 22.1. The van der Waals surface area contributed by atoms with Gasteiger partial charge in [-0.3, -0.25) is 0 Å². The van der Waals surface area contributed by atoms with E-state index in [0.29, 0.717) is 11.6 Å². The fourth-order valence-electron chi connectivity index (χ4n) is 2.15. The Kier molecular flexibility index (Phi) is 2.81. The molecule has 6 heteroatoms. The van der Waals surface area contributed by atoms with E-state index in [2.05, 4.69) is 38.4 Å². The van der Waals surface area contributed by atoms with E-state index in [-0.39, 0.29) is 0 Å². The van der Waals surface area contributed by atoms with E-state index in [9.17, 15) is 0 Å². The van der Waals surface area contributed by atoms with Gasteiger partial charge in [0.2, 0.25) is 0 Å². The summed E-state index contributed by atoms with van der Waals surface area (Å²) in [5.41, 5.74) is 7.49. The average molecular weight is 308 g/mol. The molecule has 3 rings (SSSR count). The molecule has 2 aromatic rings. The average Bonchev–Trinajstić information content (AvgIpc) is 2.81. The molecule has 18 heavy (non-hydrogen) atoms. The van der Waals surface area contributed by atoms with Crippen molar-refractivity contribution in [2.45, 2.75) is 19.9 Å². The number of hydrogen-bond acceptors (Lipinski definition) is 4. The monoisotopic (exact) mass is 307 g/mol. The van der Waals surface area contributed by atoms with E-state index in [1.165, 1.54) is 6.42 Å². The first-order valence-corrected chi connectivity index (χ1v) is 6.75. The van der Waals surface area contributed by atoms with Crippen molar-refractivity contribution in [3.8, 4) is 11.4 Å². The Morgan fingerprint density at radius 1 is 1.44 bits per heavy atom. The zero-order valence-electron chi connectivity index (χ0n) is 10.0. The van der Waals surface area contributed by atoms with Gasteiger partial charge in [0, 0.05) is 22.3 Å². The number of halogens is 1. The zero-order valence-corrected chi connectivity index (χ0v) is 11.6. The Hall–Kier alpha value is -1.43. The van der Waals surface area contributed by atoms with Crippen LogP contribution in [0.15, 0.2) is 22.7 Å². The molecule has 1 saturated carbocycles. The Bertz CT molecular complexity index is 559. The van der Waals surface area contributed by atoms with Gasteiger partial charge in [0.15, 0.2) is 5.82 Å². The standard InChI is InChI=1S/C12H14BrN5/c1-7-2-9(7)6-18-12(15-16-17-18)8-3-10(13)5-11(14)4-8/h3-5,7,9H,2,6,14H2,1H3. The van der Waals surface area contributed by atoms with E-state index in [1.807, 2.05) is 22.9 Å². The summed E-state index contributed by atoms with van der Waals surface area (Å²) in [6.45, 7) is 3.14. The third-order valence-corrected chi connectivity index (χ3v) is 3.85. The molecule has 2 unspecified atom stereocenters. The van der Waals surface area contributed by atoms with E-state index in [1.54, 1.807) is 0 Å². The van der Waals surface area contributed by atoms with Gasteiger partial charge in [-0.1, -0.05) is 22.9 Å². The van der Waals surface area contributed by atoms with Crippen LogP contribution >= 0.6 is 15.9 Å². The molecule has 1 aliphatic rings. The molecular weight excluding hydrogens is 294 g/mol. The number of nitrogen functional groups attached to an aromatic ring is 1. The van der Waals surface area contributed by atoms with Crippen LogP contribution in [0, 0.1) is 11.8 Å². The minimum absolute atomic E-state index is 0.703. The molecule has 0 saturated heterocycles. The van der Waals surface area contributed by atoms with Crippen LogP contribution in [0.2, 0.25) is 0 Å². The van der Waals surface area contributed by atoms with E-state index in [4.69, 9.17) is 5.73 Å². The SMILES string of the molecule is CC1CC1Cn1nnnc1-c1cc(N)cc(Br)c1. The van der Waals surface area contributed by atoms with Gasteiger partial charge >= 0.3 is 0 Å². The number of tetrazole rings is 1. The minimum Gasteiger partial charge on any atom is -0.399 e. The molecule has 1 aromatic carbocycles. The second-order valence-corrected chi connectivity index (χ2v) is 5.85. The van der Waals surface area contributed by atoms with Gasteiger partial charge in [0.25, 0.3) is 0 Å². The van der Waals surface area contributed by atoms with Crippen LogP contribution in [-0.2, 0) is 6.54 Å². The Morgan fingerprint density at radius 3 is 2.89 bits per heavy atom. The van der Waals surface area contributed by atoms with E-state index >= 15 is 0 Å². The Labute approximate surface area is 113 Å². The number of anilines is 1. The highest BCUT2D eigenvalue weighted by Gasteiger charge is 2.33. The van der Waals surface area contributed by atoms with E-state index in [0.717, 1.165) is 28.3 Å². The van der Waals surface area contributed by atoms with Crippen molar-refractivity contribution in [3.63, 3.8) is 0 Å². The number of nitrogens with two attached hydrogens (primary N) is 1. The first-order valence-electron chi connectivity index (χ1n) is 5.96. The van der Waals surface area contributed by atoms with Crippen LogP contribution < -0.4 is 5.73 Å². The van der Waals surface area contributed by atoms with Crippen LogP contribution in [0.3, 0.4) is 0 Å². The third-order valence-electron chi connectivity index (χ3n) is 3.39. The summed E-state index contributed by atoms with van der Waals surface area (Å²) in [4.78, 5) is 0. The van der Waals surface area contributed by atoms with Crippen molar-refractivity contribution >= 4 is 21.6 Å². The lowest BCUT2D eigenvalue weighted by atomic mass is 10.2. The number of rotatable bonds is 3. The van der Waals surface area contributed by atoms with Gasteiger partial charge in [-0.25, -0.2) is 4.68 Å². The lowest BCUT2D eigenvalue weighted by Gasteiger charge is -2.05. The lowest BCUT2D eigenvalue weighted by molar-refractivity contribution is 0.528. The summed E-state index contributed by atoms with van der Waals surface area (Å²) < 4.78 is 2.81. The van der Waals surface area contributed by atoms with Crippen LogP contribution in [-0.4, -0.2) is 20.2 Å². The van der Waals surface area contributed by atoms with Crippen molar-refractivity contribution in [3.05, 3.63) is 22.7 Å². The van der Waals surface area contributed by atoms with Gasteiger partial charge in [0.1, 0.15) is 0 Å². The molecule has 1 fully saturated rings. The maximum atomic E-state index is 5.84. The molecule has 0 spiro atoms. The molecular formula is C12H14BrN5. The largest absolute Gasteiger partial charge is 0.399 e. The number of hydrogen-bond donors (Lipinski definition) is 1. The summed E-state index contributed by atoms with van der Waals surface area (Å²) in [5, 5.41) is 11.9. The summed E-state index contributed by atoms with van der Waals surface area (Å²) in [5.74, 6) is 2.27. The summed E-state index contributed by atoms with van der Waals surface area (Å²) in [6.07, 6.45) is 1.26. The quantitative estimate of drug-likeness (QED) is 0.884. The first-order chi connectivity index (χ1) is 8.63. The highest BCUT2D eigenvalue weighted by Crippen LogP contribution is 2.39. The van der Waals surface area contributed by atoms with Gasteiger partial charge in [-0.2, -0.15) is 0 Å². The predicted molar refractivity (Wildman–Crippen MR) is 72.6 cm³/mol. The summed E-state index contributed by atoms with van der Waals surface area (Å²) in [6, 6.07) is 5.73. The first kappa shape index (κ1) is 11.6. The number of nitrogens with zero attached hydrogens (tertiary/aromatic N) is 4.